The molecule has 0 amide bonds. The summed E-state index contributed by atoms with van der Waals surface area (Å²) < 4.78 is 2.44. The van der Waals surface area contributed by atoms with Crippen LogP contribution in [0.4, 0.5) is 0 Å². The van der Waals surface area contributed by atoms with Crippen molar-refractivity contribution < 1.29 is 0 Å². The van der Waals surface area contributed by atoms with Gasteiger partial charge < -0.3 is 9.88 Å². The van der Waals surface area contributed by atoms with Crippen LogP contribution in [0.5, 0.6) is 0 Å². The van der Waals surface area contributed by atoms with Gasteiger partial charge in [0.05, 0.1) is 29.5 Å². The number of hydrogen-bond donors (Lipinski definition) is 4. The fourth-order valence-electron chi connectivity index (χ4n) is 7.33. The molecule has 0 bridgehead atoms. The van der Waals surface area contributed by atoms with Crippen LogP contribution >= 0.6 is 0 Å². The van der Waals surface area contributed by atoms with Gasteiger partial charge in [0.2, 0.25) is 0 Å². The molecule has 5 nitrogen and oxygen atoms in total. The largest absolute Gasteiger partial charge is 0.368 e. The molecule has 2 aliphatic rings. The van der Waals surface area contributed by atoms with Crippen molar-refractivity contribution in [1.29, 1.82) is 0 Å². The fraction of sp³-hybridized carbons (Fsp3) is 0.0952. The highest BCUT2D eigenvalue weighted by atomic mass is 15.4. The van der Waals surface area contributed by atoms with Gasteiger partial charge in [-0.3, -0.25) is 16.0 Å². The Morgan fingerprint density at radius 2 is 1.15 bits per heavy atom. The number of dihydropyridines is 1. The number of hydrogen-bond acceptors (Lipinski definition) is 4. The van der Waals surface area contributed by atoms with Gasteiger partial charge in [0, 0.05) is 10.8 Å². The first-order chi connectivity index (χ1) is 23.3. The minimum atomic E-state index is -0.0957. The van der Waals surface area contributed by atoms with Crippen LogP contribution in [0.1, 0.15) is 29.6 Å². The lowest BCUT2D eigenvalue weighted by atomic mass is 9.99. The van der Waals surface area contributed by atoms with Crippen molar-refractivity contribution in [2.75, 3.05) is 0 Å². The van der Waals surface area contributed by atoms with Crippen molar-refractivity contribution in [3.63, 3.8) is 0 Å². The predicted molar refractivity (Wildman–Crippen MR) is 193 cm³/mol. The molecule has 1 saturated heterocycles. The van der Waals surface area contributed by atoms with Crippen molar-refractivity contribution in [1.82, 2.24) is 25.8 Å². The van der Waals surface area contributed by atoms with Crippen LogP contribution in [0, 0.1) is 0 Å². The summed E-state index contributed by atoms with van der Waals surface area (Å²) in [5.41, 5.74) is 8.44. The molecule has 7 aromatic rings. The summed E-state index contributed by atoms with van der Waals surface area (Å²) in [4.78, 5) is 0. The summed E-state index contributed by atoms with van der Waals surface area (Å²) in [5.74, 6) is 0. The summed E-state index contributed by atoms with van der Waals surface area (Å²) in [6.07, 6.45) is 6.36. The number of fused-ring (bicyclic) bond motifs is 5. The molecule has 0 aliphatic carbocycles. The Morgan fingerprint density at radius 1 is 0.489 bits per heavy atom. The molecule has 9 rings (SSSR count). The SMILES string of the molecule is C1=CC(C2NC(c3ccccc3)NC(c3cccc(-c4ccccc4)c3)N2)=CC(n2c3ccccc3c3c4ccccc4ccc32)N1. The van der Waals surface area contributed by atoms with Crippen LogP contribution in [0.15, 0.2) is 170 Å². The Hall–Kier alpha value is -5.46. The average molecular weight is 610 g/mol. The van der Waals surface area contributed by atoms with E-state index in [1.165, 1.54) is 60.4 Å². The molecule has 4 unspecified atom stereocenters. The van der Waals surface area contributed by atoms with Gasteiger partial charge in [-0.1, -0.05) is 127 Å². The molecule has 0 saturated carbocycles. The second-order valence-electron chi connectivity index (χ2n) is 12.4. The second kappa shape index (κ2) is 11.7. The number of para-hydroxylation sites is 1. The van der Waals surface area contributed by atoms with Gasteiger partial charge in [0.1, 0.15) is 6.17 Å². The molecular weight excluding hydrogens is 574 g/mol. The molecule has 0 radical (unpaired) electrons. The van der Waals surface area contributed by atoms with E-state index >= 15 is 0 Å². The smallest absolute Gasteiger partial charge is 0.123 e. The van der Waals surface area contributed by atoms with Gasteiger partial charge in [0.15, 0.2) is 0 Å². The van der Waals surface area contributed by atoms with E-state index in [1.54, 1.807) is 0 Å². The van der Waals surface area contributed by atoms with Crippen molar-refractivity contribution in [3.05, 3.63) is 181 Å². The van der Waals surface area contributed by atoms with Crippen LogP contribution in [0.3, 0.4) is 0 Å². The maximum atomic E-state index is 3.90. The molecule has 47 heavy (non-hydrogen) atoms. The van der Waals surface area contributed by atoms with Crippen LogP contribution in [0.25, 0.3) is 43.7 Å². The topological polar surface area (TPSA) is 53.0 Å². The number of nitrogens with one attached hydrogen (secondary N) is 4. The summed E-state index contributed by atoms with van der Waals surface area (Å²) in [5, 5.41) is 20.4. The number of rotatable bonds is 5. The Morgan fingerprint density at radius 3 is 2.00 bits per heavy atom. The zero-order valence-electron chi connectivity index (χ0n) is 25.8. The zero-order valence-corrected chi connectivity index (χ0v) is 25.8. The van der Waals surface area contributed by atoms with E-state index in [0.717, 1.165) is 0 Å². The lowest BCUT2D eigenvalue weighted by Gasteiger charge is -2.41. The summed E-state index contributed by atoms with van der Waals surface area (Å²) in [6, 6.07) is 52.0. The Balaban J connectivity index is 1.12. The molecule has 1 aromatic heterocycles. The zero-order chi connectivity index (χ0) is 31.2. The van der Waals surface area contributed by atoms with Crippen LogP contribution in [-0.4, -0.2) is 10.7 Å². The first-order valence-electron chi connectivity index (χ1n) is 16.3. The van der Waals surface area contributed by atoms with Crippen molar-refractivity contribution in [2.24, 2.45) is 0 Å². The molecule has 1 fully saturated rings. The molecule has 5 heteroatoms. The molecule has 2 aliphatic heterocycles. The number of aromatic nitrogens is 1. The highest BCUT2D eigenvalue weighted by Gasteiger charge is 2.31. The second-order valence-corrected chi connectivity index (χ2v) is 12.4. The molecule has 3 heterocycles. The Labute approximate surface area is 274 Å². The van der Waals surface area contributed by atoms with Crippen LogP contribution in [0.2, 0.25) is 0 Å². The third kappa shape index (κ3) is 5.02. The van der Waals surface area contributed by atoms with Crippen LogP contribution in [-0.2, 0) is 0 Å². The third-order valence-corrected chi connectivity index (χ3v) is 9.56. The monoisotopic (exact) mass is 609 g/mol. The maximum absolute atomic E-state index is 3.90. The van der Waals surface area contributed by atoms with Crippen molar-refractivity contribution in [3.8, 4) is 11.1 Å². The predicted octanol–water partition coefficient (Wildman–Crippen LogP) is 8.66. The van der Waals surface area contributed by atoms with Gasteiger partial charge in [-0.25, -0.2) is 0 Å². The molecule has 0 spiro atoms. The molecular formula is C42H35N5. The first kappa shape index (κ1) is 27.8. The minimum absolute atomic E-state index is 0.0462. The van der Waals surface area contributed by atoms with E-state index in [1.807, 2.05) is 0 Å². The minimum Gasteiger partial charge on any atom is -0.368 e. The van der Waals surface area contributed by atoms with Crippen molar-refractivity contribution in [2.45, 2.75) is 24.7 Å². The Kier molecular flexibility index (Phi) is 6.94. The third-order valence-electron chi connectivity index (χ3n) is 9.56. The molecule has 4 atom stereocenters. The number of benzene rings is 6. The maximum Gasteiger partial charge on any atom is 0.123 e. The highest BCUT2D eigenvalue weighted by Crippen LogP contribution is 2.37. The van der Waals surface area contributed by atoms with E-state index in [9.17, 15) is 0 Å². The highest BCUT2D eigenvalue weighted by molar-refractivity contribution is 6.20. The van der Waals surface area contributed by atoms with Crippen LogP contribution < -0.4 is 21.3 Å². The summed E-state index contributed by atoms with van der Waals surface area (Å²) >= 11 is 0. The van der Waals surface area contributed by atoms with Gasteiger partial charge in [-0.05, 0) is 75.2 Å². The van der Waals surface area contributed by atoms with E-state index < -0.39 is 0 Å². The average Bonchev–Trinajstić information content (AvgIpc) is 3.50. The first-order valence-corrected chi connectivity index (χ1v) is 16.3. The van der Waals surface area contributed by atoms with E-state index in [-0.39, 0.29) is 24.7 Å². The van der Waals surface area contributed by atoms with Gasteiger partial charge in [-0.15, -0.1) is 0 Å². The summed E-state index contributed by atoms with van der Waals surface area (Å²) in [7, 11) is 0. The van der Waals surface area contributed by atoms with E-state index in [0.29, 0.717) is 0 Å². The van der Waals surface area contributed by atoms with Gasteiger partial charge in [0.25, 0.3) is 0 Å². The fourth-order valence-corrected chi connectivity index (χ4v) is 7.33. The molecule has 6 aromatic carbocycles. The lowest BCUT2D eigenvalue weighted by Crippen LogP contribution is -2.59. The van der Waals surface area contributed by atoms with Gasteiger partial charge in [-0.2, -0.15) is 0 Å². The molecule has 4 N–H and O–H groups in total. The quantitative estimate of drug-likeness (QED) is 0.158. The van der Waals surface area contributed by atoms with Crippen molar-refractivity contribution >= 4 is 32.6 Å². The Bertz CT molecular complexity index is 2290. The van der Waals surface area contributed by atoms with E-state index in [4.69, 9.17) is 0 Å². The lowest BCUT2D eigenvalue weighted by molar-refractivity contribution is 0.223. The van der Waals surface area contributed by atoms with Gasteiger partial charge >= 0.3 is 0 Å². The standard InChI is InChI=1S/C42H35N5/c1-3-12-28(13-4-1)31-17-11-18-32(26-31)41-44-40(30-15-5-2-6-16-30)45-42(46-41)33-24-25-43-38(27-33)47-36-21-10-9-20-35(36)39-34-19-8-7-14-29(34)22-23-37(39)47/h1-27,38,40-46H. The normalized spacial score (nSPS) is 21.1. The number of nitrogens with zero attached hydrogens (tertiary/aromatic N) is 1. The summed E-state index contributed by atoms with van der Waals surface area (Å²) in [6.45, 7) is 0. The van der Waals surface area contributed by atoms with E-state index in [2.05, 4.69) is 190 Å². The molecule has 228 valence electrons.